The molecule has 0 amide bonds. The second kappa shape index (κ2) is 4.35. The molecule has 76 valence electrons. The number of nitrogens with two attached hydrogens (primary N) is 1. The minimum atomic E-state index is -2.86. The van der Waals surface area contributed by atoms with Crippen molar-refractivity contribution in [3.05, 3.63) is 20.9 Å². The van der Waals surface area contributed by atoms with Gasteiger partial charge in [-0.05, 0) is 40.3 Å². The number of hydrogen-bond donors (Lipinski definition) is 1. The highest BCUT2D eigenvalue weighted by atomic mass is 127. The summed E-state index contributed by atoms with van der Waals surface area (Å²) in [5, 5.41) is -0.965. The molecule has 0 atom stereocenters. The van der Waals surface area contributed by atoms with E-state index in [0.717, 1.165) is 0 Å². The lowest BCUT2D eigenvalue weighted by molar-refractivity contribution is 0.106. The van der Waals surface area contributed by atoms with E-state index in [0.29, 0.717) is 3.70 Å². The highest BCUT2D eigenvalue weighted by Crippen LogP contribution is 2.29. The summed E-state index contributed by atoms with van der Waals surface area (Å²) in [6.45, 7) is 0. The molecule has 0 saturated heterocycles. The molecule has 0 bridgehead atoms. The minimum absolute atomic E-state index is 0.293. The molecule has 0 aliphatic heterocycles. The van der Waals surface area contributed by atoms with Gasteiger partial charge in [-0.3, -0.25) is 4.79 Å². The molecule has 0 fully saturated rings. The summed E-state index contributed by atoms with van der Waals surface area (Å²) >= 11 is 6.90. The minimum Gasteiger partial charge on any atom is -0.383 e. The molecule has 0 aromatic carbocycles. The van der Waals surface area contributed by atoms with Crippen molar-refractivity contribution in [2.24, 2.45) is 0 Å². The summed E-state index contributed by atoms with van der Waals surface area (Å²) in [4.78, 5) is 14.4. The van der Waals surface area contributed by atoms with Crippen LogP contribution in [0.25, 0.3) is 0 Å². The number of halogens is 4. The normalized spacial score (nSPS) is 10.6. The average Bonchev–Trinajstić information content (AvgIpc) is 2.01. The van der Waals surface area contributed by atoms with Gasteiger partial charge >= 0.3 is 0 Å². The van der Waals surface area contributed by atoms with Crippen LogP contribution < -0.4 is 5.73 Å². The van der Waals surface area contributed by atoms with Gasteiger partial charge in [-0.2, -0.15) is 0 Å². The summed E-state index contributed by atoms with van der Waals surface area (Å²) in [6, 6.07) is 1.17. The van der Waals surface area contributed by atoms with Gasteiger partial charge in [0.05, 0.1) is 5.56 Å². The Hall–Kier alpha value is -0.500. The molecule has 2 N–H and O–H groups in total. The van der Waals surface area contributed by atoms with E-state index in [1.807, 2.05) is 0 Å². The topological polar surface area (TPSA) is 56.0 Å². The van der Waals surface area contributed by atoms with Crippen LogP contribution in [0.5, 0.6) is 0 Å². The van der Waals surface area contributed by atoms with E-state index in [1.165, 1.54) is 6.07 Å². The van der Waals surface area contributed by atoms with Crippen LogP contribution in [0.3, 0.4) is 0 Å². The molecule has 1 heterocycles. The van der Waals surface area contributed by atoms with Crippen molar-refractivity contribution in [2.75, 3.05) is 5.73 Å². The fourth-order valence-corrected chi connectivity index (χ4v) is 1.66. The van der Waals surface area contributed by atoms with Gasteiger partial charge in [-0.15, -0.1) is 0 Å². The second-order valence-corrected chi connectivity index (χ2v) is 3.81. The zero-order valence-corrected chi connectivity index (χ0v) is 9.51. The van der Waals surface area contributed by atoms with Crippen LogP contribution >= 0.6 is 34.2 Å². The number of pyridine rings is 1. The van der Waals surface area contributed by atoms with E-state index in [4.69, 9.17) is 17.3 Å². The molecule has 0 aliphatic carbocycles. The maximum atomic E-state index is 12.4. The fraction of sp³-hybridized carbons (Fsp3) is 0.143. The molecule has 0 aliphatic rings. The highest BCUT2D eigenvalue weighted by Gasteiger charge is 2.22. The molecule has 0 unspecified atom stereocenters. The number of aromatic nitrogens is 1. The van der Waals surface area contributed by atoms with Gasteiger partial charge < -0.3 is 5.73 Å². The van der Waals surface area contributed by atoms with Crippen LogP contribution in [-0.2, 0) is 0 Å². The first-order chi connectivity index (χ1) is 6.43. The first-order valence-corrected chi connectivity index (χ1v) is 4.83. The molecule has 14 heavy (non-hydrogen) atoms. The Bertz CT molecular complexity index is 386. The molecule has 0 saturated carbocycles. The smallest absolute Gasteiger partial charge is 0.268 e. The summed E-state index contributed by atoms with van der Waals surface area (Å²) in [7, 11) is 0. The first-order valence-electron chi connectivity index (χ1n) is 3.37. The van der Waals surface area contributed by atoms with Gasteiger partial charge in [0, 0.05) is 5.56 Å². The van der Waals surface area contributed by atoms with E-state index < -0.39 is 17.2 Å². The summed E-state index contributed by atoms with van der Waals surface area (Å²) in [6.07, 6.45) is -2.86. The van der Waals surface area contributed by atoms with Crippen molar-refractivity contribution in [1.29, 1.82) is 0 Å². The summed E-state index contributed by atoms with van der Waals surface area (Å²) < 4.78 is 25.2. The highest BCUT2D eigenvalue weighted by molar-refractivity contribution is 14.1. The van der Waals surface area contributed by atoms with Crippen molar-refractivity contribution in [3.63, 3.8) is 0 Å². The van der Waals surface area contributed by atoms with Crippen LogP contribution in [0.1, 0.15) is 22.3 Å². The third-order valence-corrected chi connectivity index (χ3v) is 2.24. The predicted molar refractivity (Wildman–Crippen MR) is 56.5 cm³/mol. The van der Waals surface area contributed by atoms with Crippen LogP contribution in [0.15, 0.2) is 6.07 Å². The van der Waals surface area contributed by atoms with E-state index >= 15 is 0 Å². The lowest BCUT2D eigenvalue weighted by Crippen LogP contribution is -2.07. The molecule has 3 nitrogen and oxygen atoms in total. The van der Waals surface area contributed by atoms with Crippen LogP contribution in [0, 0.1) is 3.70 Å². The molecule has 1 aromatic heterocycles. The van der Waals surface area contributed by atoms with Crippen LogP contribution in [0.4, 0.5) is 14.6 Å². The molecular formula is C7H4ClF2IN2O. The Balaban J connectivity index is 3.44. The Labute approximate surface area is 96.8 Å². The summed E-state index contributed by atoms with van der Waals surface area (Å²) in [5.74, 6) is -0.365. The van der Waals surface area contributed by atoms with E-state index in [-0.39, 0.29) is 11.4 Å². The number of carbonyl (C=O) groups is 1. The lowest BCUT2D eigenvalue weighted by Gasteiger charge is -2.07. The van der Waals surface area contributed by atoms with Crippen molar-refractivity contribution in [2.45, 2.75) is 6.43 Å². The average molecular weight is 332 g/mol. The SMILES string of the molecule is Nc1nc(I)cc(C(=O)Cl)c1C(F)F. The van der Waals surface area contributed by atoms with E-state index in [2.05, 4.69) is 4.98 Å². The van der Waals surface area contributed by atoms with Gasteiger partial charge in [0.25, 0.3) is 11.7 Å². The number of rotatable bonds is 2. The van der Waals surface area contributed by atoms with Crippen molar-refractivity contribution in [1.82, 2.24) is 4.98 Å². The van der Waals surface area contributed by atoms with Crippen molar-refractivity contribution >= 4 is 45.3 Å². The van der Waals surface area contributed by atoms with Crippen LogP contribution in [0.2, 0.25) is 0 Å². The third-order valence-electron chi connectivity index (χ3n) is 1.49. The largest absolute Gasteiger partial charge is 0.383 e. The zero-order chi connectivity index (χ0) is 10.9. The Morgan fingerprint density at radius 1 is 1.64 bits per heavy atom. The molecule has 0 radical (unpaired) electrons. The molecule has 1 rings (SSSR count). The Kier molecular flexibility index (Phi) is 3.59. The maximum absolute atomic E-state index is 12.4. The van der Waals surface area contributed by atoms with Gasteiger partial charge in [0.2, 0.25) is 0 Å². The molecule has 1 aromatic rings. The lowest BCUT2D eigenvalue weighted by atomic mass is 10.1. The second-order valence-electron chi connectivity index (χ2n) is 2.37. The molecule has 0 spiro atoms. The number of nitrogens with zero attached hydrogens (tertiary/aromatic N) is 1. The first kappa shape index (κ1) is 11.6. The number of nitrogen functional groups attached to an aromatic ring is 1. The molecule has 7 heteroatoms. The van der Waals surface area contributed by atoms with Crippen LogP contribution in [-0.4, -0.2) is 10.2 Å². The van der Waals surface area contributed by atoms with E-state index in [9.17, 15) is 13.6 Å². The number of carbonyl (C=O) groups excluding carboxylic acids is 1. The van der Waals surface area contributed by atoms with E-state index in [1.54, 1.807) is 22.6 Å². The predicted octanol–water partition coefficient (Wildman–Crippen LogP) is 2.58. The molecular weight excluding hydrogens is 328 g/mol. The van der Waals surface area contributed by atoms with Gasteiger partial charge in [0.15, 0.2) is 0 Å². The Morgan fingerprint density at radius 3 is 2.64 bits per heavy atom. The standard InChI is InChI=1S/C7H4ClF2IN2O/c8-5(14)2-1-3(11)13-7(12)4(2)6(9)10/h1,6H,(H2,12,13). The van der Waals surface area contributed by atoms with Gasteiger partial charge in [-0.1, -0.05) is 0 Å². The summed E-state index contributed by atoms with van der Waals surface area (Å²) in [5.41, 5.74) is 4.36. The number of alkyl halides is 2. The monoisotopic (exact) mass is 332 g/mol. The third kappa shape index (κ3) is 2.30. The quantitative estimate of drug-likeness (QED) is 0.514. The van der Waals surface area contributed by atoms with Gasteiger partial charge in [-0.25, -0.2) is 13.8 Å². The zero-order valence-electron chi connectivity index (χ0n) is 6.60. The van der Waals surface area contributed by atoms with Crippen molar-refractivity contribution in [3.8, 4) is 0 Å². The Morgan fingerprint density at radius 2 is 2.21 bits per heavy atom. The number of anilines is 1. The maximum Gasteiger partial charge on any atom is 0.268 e. The number of hydrogen-bond acceptors (Lipinski definition) is 3. The fourth-order valence-electron chi connectivity index (χ4n) is 0.934. The van der Waals surface area contributed by atoms with Crippen molar-refractivity contribution < 1.29 is 13.6 Å². The van der Waals surface area contributed by atoms with Gasteiger partial charge in [0.1, 0.15) is 9.52 Å².